The van der Waals surface area contributed by atoms with Gasteiger partial charge in [-0.1, -0.05) is 26.8 Å². The molecule has 4 aromatic rings. The fourth-order valence-electron chi connectivity index (χ4n) is 6.36. The van der Waals surface area contributed by atoms with Crippen LogP contribution in [0.1, 0.15) is 77.1 Å². The maximum atomic E-state index is 12.9. The van der Waals surface area contributed by atoms with Crippen LogP contribution < -0.4 is 15.2 Å². The highest BCUT2D eigenvalue weighted by Gasteiger charge is 2.37. The Labute approximate surface area is 301 Å². The monoisotopic (exact) mass is 718 g/mol. The molecular formula is C37H54N8O5Si. The van der Waals surface area contributed by atoms with Crippen LogP contribution in [0, 0.1) is 0 Å². The van der Waals surface area contributed by atoms with E-state index in [2.05, 4.69) is 57.2 Å². The zero-order valence-electron chi connectivity index (χ0n) is 31.6. The molecule has 2 aliphatic heterocycles. The Morgan fingerprint density at radius 2 is 1.92 bits per heavy atom. The largest absolute Gasteiger partial charge is 0.473 e. The van der Waals surface area contributed by atoms with E-state index in [-0.39, 0.29) is 23.9 Å². The van der Waals surface area contributed by atoms with Crippen LogP contribution in [0.4, 0.5) is 0 Å². The fraction of sp³-hybridized carbons (Fsp3) is 0.568. The molecule has 14 heteroatoms. The summed E-state index contributed by atoms with van der Waals surface area (Å²) in [6, 6.07) is 6.21. The first-order valence-corrected chi connectivity index (χ1v) is 20.9. The van der Waals surface area contributed by atoms with Gasteiger partial charge < -0.3 is 24.4 Å². The first kappa shape index (κ1) is 36.8. The number of nitrogens with zero attached hydrogens (tertiary/aromatic N) is 7. The SMILES string of the molecule is CC(C)Oc1nn(CCO[Si](C)(C)C(C)(C)C)c2c1/C=C\c1nn(C3CCCCO3)c3ccc(cc13)-c1cnn(C)c1O[C@@H](C(N)=O)CN(C)C2. The molecule has 276 valence electrons. The number of benzene rings is 1. The Morgan fingerprint density at radius 1 is 1.14 bits per heavy atom. The third-order valence-electron chi connectivity index (χ3n) is 10.2. The van der Waals surface area contributed by atoms with E-state index in [0.29, 0.717) is 38.1 Å². The van der Waals surface area contributed by atoms with Gasteiger partial charge in [0.05, 0.1) is 53.5 Å². The molecule has 13 nitrogen and oxygen atoms in total. The topological polar surface area (TPSA) is 137 Å². The van der Waals surface area contributed by atoms with Gasteiger partial charge in [0.2, 0.25) is 11.8 Å². The molecule has 3 aromatic heterocycles. The molecule has 1 amide bonds. The van der Waals surface area contributed by atoms with Crippen LogP contribution >= 0.6 is 0 Å². The number of likely N-dealkylation sites (N-methyl/N-ethyl adjacent to an activating group) is 1. The summed E-state index contributed by atoms with van der Waals surface area (Å²) in [5, 5.41) is 15.7. The minimum Gasteiger partial charge on any atom is -0.473 e. The van der Waals surface area contributed by atoms with E-state index in [1.54, 1.807) is 17.9 Å². The molecule has 1 aromatic carbocycles. The van der Waals surface area contributed by atoms with Crippen molar-refractivity contribution in [3.8, 4) is 22.9 Å². The van der Waals surface area contributed by atoms with E-state index in [9.17, 15) is 4.79 Å². The number of carbonyl (C=O) groups is 1. The summed E-state index contributed by atoms with van der Waals surface area (Å²) in [4.78, 5) is 14.9. The van der Waals surface area contributed by atoms with E-state index in [4.69, 9.17) is 34.6 Å². The number of rotatable bonds is 8. The summed E-state index contributed by atoms with van der Waals surface area (Å²) in [5.41, 5.74) is 11.1. The first-order valence-electron chi connectivity index (χ1n) is 18.0. The predicted octanol–water partition coefficient (Wildman–Crippen LogP) is 5.99. The van der Waals surface area contributed by atoms with Crippen LogP contribution in [0.3, 0.4) is 0 Å². The molecule has 0 saturated carbocycles. The first-order chi connectivity index (χ1) is 24.1. The molecule has 1 unspecified atom stereocenters. The molecule has 0 spiro atoms. The molecule has 6 rings (SSSR count). The third kappa shape index (κ3) is 7.78. The molecule has 2 bridgehead atoms. The lowest BCUT2D eigenvalue weighted by Crippen LogP contribution is -2.43. The molecule has 2 aliphatic rings. The van der Waals surface area contributed by atoms with Crippen molar-refractivity contribution in [1.29, 1.82) is 0 Å². The minimum absolute atomic E-state index is 0.0793. The maximum Gasteiger partial charge on any atom is 0.259 e. The molecule has 1 saturated heterocycles. The lowest BCUT2D eigenvalue weighted by atomic mass is 10.0. The molecule has 0 radical (unpaired) electrons. The quantitative estimate of drug-likeness (QED) is 0.218. The molecular weight excluding hydrogens is 665 g/mol. The van der Waals surface area contributed by atoms with Crippen LogP contribution in [0.2, 0.25) is 18.1 Å². The van der Waals surface area contributed by atoms with Crippen molar-refractivity contribution in [2.45, 2.75) is 104 Å². The number of primary amides is 1. The molecule has 0 aliphatic carbocycles. The zero-order chi connectivity index (χ0) is 36.7. The number of hydrogen-bond donors (Lipinski definition) is 1. The smallest absolute Gasteiger partial charge is 0.259 e. The van der Waals surface area contributed by atoms with Crippen molar-refractivity contribution in [1.82, 2.24) is 34.2 Å². The number of nitrogens with two attached hydrogens (primary N) is 1. The van der Waals surface area contributed by atoms with Gasteiger partial charge in [-0.25, -0.2) is 9.36 Å². The molecule has 2 atom stereocenters. The van der Waals surface area contributed by atoms with Crippen LogP contribution in [-0.2, 0) is 34.1 Å². The minimum atomic E-state index is -2.00. The lowest BCUT2D eigenvalue weighted by molar-refractivity contribution is -0.125. The molecule has 51 heavy (non-hydrogen) atoms. The van der Waals surface area contributed by atoms with E-state index in [1.165, 1.54) is 0 Å². The van der Waals surface area contributed by atoms with Gasteiger partial charge in [-0.15, -0.1) is 5.10 Å². The van der Waals surface area contributed by atoms with Crippen molar-refractivity contribution in [2.24, 2.45) is 12.8 Å². The maximum absolute atomic E-state index is 12.9. The van der Waals surface area contributed by atoms with Gasteiger partial charge in [-0.2, -0.15) is 10.2 Å². The lowest BCUT2D eigenvalue weighted by Gasteiger charge is -2.36. The summed E-state index contributed by atoms with van der Waals surface area (Å²) in [5.74, 6) is 0.426. The summed E-state index contributed by atoms with van der Waals surface area (Å²) in [6.07, 6.45) is 7.68. The Hall–Kier alpha value is -3.98. The summed E-state index contributed by atoms with van der Waals surface area (Å²) >= 11 is 0. The number of ether oxygens (including phenoxy) is 3. The van der Waals surface area contributed by atoms with Crippen molar-refractivity contribution in [3.63, 3.8) is 0 Å². The standard InChI is InChI=1S/C37H54N8O5Si/c1-24(2)49-35-26-14-15-29-27-20-25(13-16-30(27)45(40-29)33-12-10-11-18-47-33)28-21-39-43(7)36(28)50-32(34(38)46)23-42(6)22-31(26)44(41-35)17-19-48-51(8,9)37(3,4)5/h13-16,20-21,24,32-33H,10-12,17-19,22-23H2,1-9H3,(H2,38,46)/b15-14-/t32-,33?/m1/s1. The number of carbonyl (C=O) groups excluding carboxylic acids is 1. The van der Waals surface area contributed by atoms with Gasteiger partial charge in [-0.3, -0.25) is 14.4 Å². The van der Waals surface area contributed by atoms with Gasteiger partial charge in [0, 0.05) is 32.1 Å². The Morgan fingerprint density at radius 3 is 2.61 bits per heavy atom. The summed E-state index contributed by atoms with van der Waals surface area (Å²) < 4.78 is 31.2. The van der Waals surface area contributed by atoms with Crippen molar-refractivity contribution in [2.75, 3.05) is 26.8 Å². The number of fused-ring (bicyclic) bond motifs is 4. The van der Waals surface area contributed by atoms with Crippen LogP contribution in [0.15, 0.2) is 24.4 Å². The normalized spacial score (nSPS) is 19.7. The van der Waals surface area contributed by atoms with E-state index in [1.807, 2.05) is 47.3 Å². The average Bonchev–Trinajstić information content (AvgIpc) is 3.71. The number of aromatic nitrogens is 6. The van der Waals surface area contributed by atoms with Gasteiger partial charge >= 0.3 is 0 Å². The van der Waals surface area contributed by atoms with Crippen LogP contribution in [0.5, 0.6) is 11.8 Å². The fourth-order valence-corrected chi connectivity index (χ4v) is 7.40. The second kappa shape index (κ2) is 14.6. The van der Waals surface area contributed by atoms with Crippen LogP contribution in [-0.4, -0.2) is 87.5 Å². The van der Waals surface area contributed by atoms with Gasteiger partial charge in [0.1, 0.15) is 0 Å². The van der Waals surface area contributed by atoms with Crippen molar-refractivity contribution in [3.05, 3.63) is 41.3 Å². The van der Waals surface area contributed by atoms with Gasteiger partial charge in [-0.05, 0) is 88.1 Å². The van der Waals surface area contributed by atoms with E-state index in [0.717, 1.165) is 58.2 Å². The van der Waals surface area contributed by atoms with E-state index >= 15 is 0 Å². The van der Waals surface area contributed by atoms with Gasteiger partial charge in [0.25, 0.3) is 5.91 Å². The average molecular weight is 719 g/mol. The Balaban J connectivity index is 1.51. The second-order valence-corrected chi connectivity index (χ2v) is 20.4. The number of aryl methyl sites for hydroxylation is 1. The second-order valence-electron chi connectivity index (χ2n) is 15.6. The van der Waals surface area contributed by atoms with Crippen LogP contribution in [0.25, 0.3) is 34.2 Å². The number of amides is 1. The highest BCUT2D eigenvalue weighted by Crippen LogP contribution is 2.38. The molecule has 2 N–H and O–H groups in total. The zero-order valence-corrected chi connectivity index (χ0v) is 32.6. The number of hydrogen-bond acceptors (Lipinski definition) is 9. The van der Waals surface area contributed by atoms with E-state index < -0.39 is 20.3 Å². The highest BCUT2D eigenvalue weighted by atomic mass is 28.4. The summed E-state index contributed by atoms with van der Waals surface area (Å²) in [6.45, 7) is 17.6. The van der Waals surface area contributed by atoms with Crippen molar-refractivity contribution >= 4 is 37.3 Å². The third-order valence-corrected chi connectivity index (χ3v) is 14.8. The predicted molar refractivity (Wildman–Crippen MR) is 201 cm³/mol. The Bertz CT molecular complexity index is 1900. The summed E-state index contributed by atoms with van der Waals surface area (Å²) in [7, 11) is 1.74. The molecule has 5 heterocycles. The van der Waals surface area contributed by atoms with Crippen molar-refractivity contribution < 1.29 is 23.4 Å². The Kier molecular flexibility index (Phi) is 10.5. The highest BCUT2D eigenvalue weighted by molar-refractivity contribution is 6.74. The molecule has 1 fully saturated rings. The van der Waals surface area contributed by atoms with Gasteiger partial charge in [0.15, 0.2) is 20.6 Å².